The third-order valence-electron chi connectivity index (χ3n) is 3.38. The topological polar surface area (TPSA) is 32.3 Å². The Morgan fingerprint density at radius 2 is 2.15 bits per heavy atom. The maximum Gasteiger partial charge on any atom is 0.235 e. The molecule has 1 fully saturated rings. The van der Waals surface area contributed by atoms with Crippen molar-refractivity contribution in [2.24, 2.45) is 0 Å². The Hall–Kier alpha value is -1.00. The van der Waals surface area contributed by atoms with Crippen molar-refractivity contribution in [3.63, 3.8) is 0 Å². The van der Waals surface area contributed by atoms with Gasteiger partial charge in [0, 0.05) is 30.6 Å². The van der Waals surface area contributed by atoms with Crippen LogP contribution in [0.15, 0.2) is 29.2 Å². The molecule has 1 aliphatic heterocycles. The predicted octanol–water partition coefficient (Wildman–Crippen LogP) is 2.90. The lowest BCUT2D eigenvalue weighted by molar-refractivity contribution is -0.126. The average Bonchev–Trinajstić information content (AvgIpc) is 2.68. The quantitative estimate of drug-likeness (QED) is 0.926. The number of rotatable bonds is 4. The van der Waals surface area contributed by atoms with Gasteiger partial charge in [0.1, 0.15) is 0 Å². The first-order chi connectivity index (χ1) is 9.35. The second-order valence-electron chi connectivity index (χ2n) is 6.41. The summed E-state index contributed by atoms with van der Waals surface area (Å²) in [6.45, 7) is 8.23. The predicted molar refractivity (Wildman–Crippen MR) is 84.9 cm³/mol. The molecule has 1 heterocycles. The summed E-state index contributed by atoms with van der Waals surface area (Å²) >= 11 is 1.69. The molecule has 2 rings (SSSR count). The smallest absolute Gasteiger partial charge is 0.235 e. The van der Waals surface area contributed by atoms with Gasteiger partial charge >= 0.3 is 0 Å². The fraction of sp³-hybridized carbons (Fsp3) is 0.562. The van der Waals surface area contributed by atoms with Crippen LogP contribution >= 0.6 is 11.8 Å². The highest BCUT2D eigenvalue weighted by Crippen LogP contribution is 2.30. The first kappa shape index (κ1) is 15.4. The number of carbonyl (C=O) groups is 1. The van der Waals surface area contributed by atoms with E-state index in [1.54, 1.807) is 11.8 Å². The largest absolute Gasteiger partial charge is 0.345 e. The summed E-state index contributed by atoms with van der Waals surface area (Å²) in [4.78, 5) is 15.0. The summed E-state index contributed by atoms with van der Waals surface area (Å²) in [5, 5.41) is 3.58. The lowest BCUT2D eigenvalue weighted by Gasteiger charge is -2.20. The van der Waals surface area contributed by atoms with E-state index in [1.165, 1.54) is 10.5 Å². The molecule has 1 N–H and O–H groups in total. The van der Waals surface area contributed by atoms with Crippen LogP contribution in [0.4, 0.5) is 0 Å². The number of nitrogens with zero attached hydrogens (tertiary/aromatic N) is 1. The molecule has 1 saturated heterocycles. The van der Waals surface area contributed by atoms with Crippen LogP contribution in [0.5, 0.6) is 0 Å². The summed E-state index contributed by atoms with van der Waals surface area (Å²) < 4.78 is 0. The molecule has 1 aromatic carbocycles. The zero-order valence-corrected chi connectivity index (χ0v) is 13.6. The second kappa shape index (κ2) is 6.19. The van der Waals surface area contributed by atoms with Crippen molar-refractivity contribution in [1.29, 1.82) is 0 Å². The maximum absolute atomic E-state index is 11.9. The molecule has 0 spiro atoms. The molecule has 1 amide bonds. The van der Waals surface area contributed by atoms with E-state index in [1.807, 2.05) is 11.9 Å². The molecule has 3 nitrogen and oxygen atoms in total. The van der Waals surface area contributed by atoms with Gasteiger partial charge in [0.15, 0.2) is 0 Å². The number of likely N-dealkylation sites (tertiary alicyclic amines) is 1. The third-order valence-corrected chi connectivity index (χ3v) is 4.63. The fourth-order valence-electron chi connectivity index (χ4n) is 2.16. The van der Waals surface area contributed by atoms with Gasteiger partial charge in [0.2, 0.25) is 5.91 Å². The van der Waals surface area contributed by atoms with Gasteiger partial charge in [-0.3, -0.25) is 4.79 Å². The summed E-state index contributed by atoms with van der Waals surface area (Å²) in [5.74, 6) is 0.258. The molecule has 0 bridgehead atoms. The lowest BCUT2D eigenvalue weighted by Crippen LogP contribution is -2.35. The van der Waals surface area contributed by atoms with Crippen LogP contribution in [0.25, 0.3) is 0 Å². The van der Waals surface area contributed by atoms with Crippen LogP contribution in [0.1, 0.15) is 32.8 Å². The Balaban J connectivity index is 1.98. The van der Waals surface area contributed by atoms with Crippen molar-refractivity contribution in [2.45, 2.75) is 49.4 Å². The SMILES string of the molecule is CN1CCC(Sc2cccc(CNC(C)(C)C)c2)C1=O. The van der Waals surface area contributed by atoms with Gasteiger partial charge < -0.3 is 10.2 Å². The van der Waals surface area contributed by atoms with Gasteiger partial charge in [0.25, 0.3) is 0 Å². The molecular weight excluding hydrogens is 268 g/mol. The number of hydrogen-bond acceptors (Lipinski definition) is 3. The minimum absolute atomic E-state index is 0.0887. The van der Waals surface area contributed by atoms with E-state index in [0.717, 1.165) is 19.5 Å². The van der Waals surface area contributed by atoms with Crippen molar-refractivity contribution in [3.05, 3.63) is 29.8 Å². The monoisotopic (exact) mass is 292 g/mol. The second-order valence-corrected chi connectivity index (χ2v) is 7.68. The Morgan fingerprint density at radius 3 is 2.75 bits per heavy atom. The van der Waals surface area contributed by atoms with Gasteiger partial charge in [0.05, 0.1) is 5.25 Å². The van der Waals surface area contributed by atoms with E-state index in [4.69, 9.17) is 0 Å². The Labute approximate surface area is 126 Å². The molecule has 4 heteroatoms. The minimum atomic E-state index is 0.0887. The highest BCUT2D eigenvalue weighted by molar-refractivity contribution is 8.00. The molecule has 0 radical (unpaired) electrons. The Kier molecular flexibility index (Phi) is 4.76. The molecule has 1 atom stereocenters. The summed E-state index contributed by atoms with van der Waals surface area (Å²) in [7, 11) is 1.88. The molecule has 110 valence electrons. The number of hydrogen-bond donors (Lipinski definition) is 1. The van der Waals surface area contributed by atoms with E-state index in [2.05, 4.69) is 50.4 Å². The normalized spacial score (nSPS) is 19.7. The van der Waals surface area contributed by atoms with Crippen LogP contribution in [-0.2, 0) is 11.3 Å². The van der Waals surface area contributed by atoms with Crippen LogP contribution in [0.2, 0.25) is 0 Å². The van der Waals surface area contributed by atoms with Gasteiger partial charge in [-0.2, -0.15) is 0 Å². The first-order valence-electron chi connectivity index (χ1n) is 7.11. The minimum Gasteiger partial charge on any atom is -0.345 e. The lowest BCUT2D eigenvalue weighted by atomic mass is 10.1. The Morgan fingerprint density at radius 1 is 1.40 bits per heavy atom. The van der Waals surface area contributed by atoms with Crippen molar-refractivity contribution >= 4 is 17.7 Å². The third kappa shape index (κ3) is 4.25. The van der Waals surface area contributed by atoms with Crippen LogP contribution in [-0.4, -0.2) is 35.2 Å². The highest BCUT2D eigenvalue weighted by atomic mass is 32.2. The number of thioether (sulfide) groups is 1. The first-order valence-corrected chi connectivity index (χ1v) is 7.99. The van der Waals surface area contributed by atoms with Crippen LogP contribution in [0, 0.1) is 0 Å². The van der Waals surface area contributed by atoms with E-state index >= 15 is 0 Å². The van der Waals surface area contributed by atoms with Gasteiger partial charge in [-0.25, -0.2) is 0 Å². The highest BCUT2D eigenvalue weighted by Gasteiger charge is 2.29. The molecular formula is C16H24N2OS. The molecule has 1 aromatic rings. The van der Waals surface area contributed by atoms with E-state index < -0.39 is 0 Å². The van der Waals surface area contributed by atoms with Crippen molar-refractivity contribution in [3.8, 4) is 0 Å². The van der Waals surface area contributed by atoms with Gasteiger partial charge in [-0.1, -0.05) is 12.1 Å². The number of nitrogens with one attached hydrogen (secondary N) is 1. The van der Waals surface area contributed by atoms with E-state index in [-0.39, 0.29) is 16.7 Å². The zero-order chi connectivity index (χ0) is 14.8. The number of benzene rings is 1. The van der Waals surface area contributed by atoms with Crippen LogP contribution < -0.4 is 5.32 Å². The van der Waals surface area contributed by atoms with E-state index in [9.17, 15) is 4.79 Å². The summed E-state index contributed by atoms with van der Waals surface area (Å²) in [5.41, 5.74) is 1.39. The van der Waals surface area contributed by atoms with Crippen molar-refractivity contribution < 1.29 is 4.79 Å². The van der Waals surface area contributed by atoms with Crippen molar-refractivity contribution in [1.82, 2.24) is 10.2 Å². The molecule has 1 aliphatic rings. The standard InChI is InChI=1S/C16H24N2OS/c1-16(2,3)17-11-12-6-5-7-13(10-12)20-14-8-9-18(4)15(14)19/h5-7,10,14,17H,8-9,11H2,1-4H3. The van der Waals surface area contributed by atoms with E-state index in [0.29, 0.717) is 0 Å². The molecule has 1 unspecified atom stereocenters. The Bertz CT molecular complexity index is 482. The summed E-state index contributed by atoms with van der Waals surface area (Å²) in [6.07, 6.45) is 0.949. The zero-order valence-electron chi connectivity index (χ0n) is 12.8. The maximum atomic E-state index is 11.9. The average molecular weight is 292 g/mol. The summed E-state index contributed by atoms with van der Waals surface area (Å²) in [6, 6.07) is 8.49. The van der Waals surface area contributed by atoms with Gasteiger partial charge in [-0.15, -0.1) is 11.8 Å². The number of amides is 1. The molecule has 20 heavy (non-hydrogen) atoms. The van der Waals surface area contributed by atoms with Gasteiger partial charge in [-0.05, 0) is 44.9 Å². The van der Waals surface area contributed by atoms with Crippen LogP contribution in [0.3, 0.4) is 0 Å². The molecule has 0 aliphatic carbocycles. The fourth-order valence-corrected chi connectivity index (χ4v) is 3.37. The molecule has 0 aromatic heterocycles. The number of carbonyl (C=O) groups excluding carboxylic acids is 1. The van der Waals surface area contributed by atoms with Crippen molar-refractivity contribution in [2.75, 3.05) is 13.6 Å². The molecule has 0 saturated carbocycles.